The van der Waals surface area contributed by atoms with E-state index in [1.165, 1.54) is 82.4 Å². The first-order valence-corrected chi connectivity index (χ1v) is 24.4. The van der Waals surface area contributed by atoms with Crippen LogP contribution in [0.15, 0.2) is 197 Å². The van der Waals surface area contributed by atoms with E-state index in [0.717, 1.165) is 71.1 Å². The van der Waals surface area contributed by atoms with E-state index >= 15 is 0 Å². The van der Waals surface area contributed by atoms with Crippen LogP contribution in [0, 0.1) is 5.92 Å². The van der Waals surface area contributed by atoms with Crippen LogP contribution in [-0.4, -0.2) is 9.13 Å². The van der Waals surface area contributed by atoms with Gasteiger partial charge in [-0.05, 0) is 96.8 Å². The number of furan rings is 2. The van der Waals surface area contributed by atoms with E-state index in [9.17, 15) is 0 Å². The summed E-state index contributed by atoms with van der Waals surface area (Å²) in [5.41, 5.74) is 16.3. The molecule has 14 rings (SSSR count). The highest BCUT2D eigenvalue weighted by atomic mass is 16.3. The Morgan fingerprint density at radius 1 is 0.574 bits per heavy atom. The van der Waals surface area contributed by atoms with Crippen LogP contribution in [0.1, 0.15) is 67.3 Å². The first-order valence-electron chi connectivity index (χ1n) is 24.4. The maximum absolute atomic E-state index is 6.85. The summed E-state index contributed by atoms with van der Waals surface area (Å²) in [5.74, 6) is 1.05. The van der Waals surface area contributed by atoms with E-state index < -0.39 is 0 Å². The second kappa shape index (κ2) is 15.6. The van der Waals surface area contributed by atoms with Crippen molar-refractivity contribution in [1.82, 2.24) is 14.5 Å². The molecule has 5 heterocycles. The van der Waals surface area contributed by atoms with Crippen molar-refractivity contribution in [3.05, 3.63) is 211 Å². The molecule has 0 saturated heterocycles. The maximum Gasteiger partial charge on any atom is 0.142 e. The van der Waals surface area contributed by atoms with Crippen molar-refractivity contribution in [2.75, 3.05) is 0 Å². The number of nitrogens with zero attached hydrogens (tertiary/aromatic N) is 2. The van der Waals surface area contributed by atoms with Crippen LogP contribution in [-0.2, 0) is 6.42 Å². The van der Waals surface area contributed by atoms with Gasteiger partial charge in [0, 0.05) is 66.5 Å². The first kappa shape index (κ1) is 39.3. The predicted octanol–water partition coefficient (Wildman–Crippen LogP) is 16.9. The number of hydrogen-bond acceptors (Lipinski definition) is 3. The van der Waals surface area contributed by atoms with Crippen LogP contribution in [0.5, 0.6) is 0 Å². The van der Waals surface area contributed by atoms with E-state index in [0.29, 0.717) is 0 Å². The van der Waals surface area contributed by atoms with E-state index in [4.69, 9.17) is 8.83 Å². The minimum absolute atomic E-state index is 0.0414. The number of benzene rings is 8. The molecule has 0 fully saturated rings. The lowest BCUT2D eigenvalue weighted by Crippen LogP contribution is -2.37. The topological polar surface area (TPSA) is 48.2 Å². The quantitative estimate of drug-likeness (QED) is 0.181. The van der Waals surface area contributed by atoms with Gasteiger partial charge in [0.1, 0.15) is 22.5 Å². The number of aryl methyl sites for hydroxylation is 1. The summed E-state index contributed by atoms with van der Waals surface area (Å²) >= 11 is 0. The Bertz CT molecular complexity index is 4020. The Labute approximate surface area is 394 Å². The van der Waals surface area contributed by atoms with Crippen LogP contribution in [0.25, 0.3) is 105 Å². The summed E-state index contributed by atoms with van der Waals surface area (Å²) in [5, 5.41) is 13.0. The average molecular weight is 880 g/mol. The van der Waals surface area contributed by atoms with Gasteiger partial charge in [-0.2, -0.15) is 0 Å². The molecule has 12 aromatic rings. The van der Waals surface area contributed by atoms with Gasteiger partial charge in [-0.15, -0.1) is 0 Å². The van der Waals surface area contributed by atoms with Crippen molar-refractivity contribution in [3.63, 3.8) is 0 Å². The van der Waals surface area contributed by atoms with Gasteiger partial charge < -0.3 is 18.0 Å². The van der Waals surface area contributed by atoms with Crippen LogP contribution in [0.2, 0.25) is 0 Å². The van der Waals surface area contributed by atoms with Crippen molar-refractivity contribution in [2.24, 2.45) is 5.92 Å². The third kappa shape index (κ3) is 5.98. The molecule has 328 valence electrons. The zero-order valence-electron chi connectivity index (χ0n) is 38.0. The molecular formula is C63H49N3O2. The van der Waals surface area contributed by atoms with Gasteiger partial charge in [0.25, 0.3) is 0 Å². The Kier molecular flexibility index (Phi) is 9.03. The monoisotopic (exact) mass is 879 g/mol. The molecule has 0 bridgehead atoms. The molecule has 5 nitrogen and oxygen atoms in total. The van der Waals surface area contributed by atoms with Crippen molar-refractivity contribution >= 4 is 88.2 Å². The zero-order valence-corrected chi connectivity index (χ0v) is 38.0. The standard InChI is InChI=1S/C63H49N3O2/c1-2-43-44(52-26-15-27-53-48-24-9-13-32-58(48)68-62(52)53)25-16-28-54(41-33-34-49-47-23-8-12-31-57(47)67-59(49)38-41)64-63(43)66-56-30-11-7-22-46(56)51-36-35-50-45-21-6-10-29-55(45)65(60(50)61(51)66)42-20-14-19-40(37-42)39-17-4-3-5-18-39/h3-7,9-15,17-22,24-27,29-38,43,54,63-64H,2,8,16,23,28H2,1H3/b44-25+. The molecule has 1 aliphatic heterocycles. The van der Waals surface area contributed by atoms with Crippen LogP contribution < -0.4 is 5.32 Å². The molecule has 1 N–H and O–H groups in total. The number of allylic oxidation sites excluding steroid dienone is 2. The number of nitrogens with one attached hydrogen (secondary N) is 1. The van der Waals surface area contributed by atoms with Gasteiger partial charge in [-0.1, -0.05) is 159 Å². The molecular weight excluding hydrogens is 831 g/mol. The Hall–Kier alpha value is -7.86. The van der Waals surface area contributed by atoms with E-state index in [-0.39, 0.29) is 18.1 Å². The third-order valence-electron chi connectivity index (χ3n) is 15.2. The highest BCUT2D eigenvalue weighted by Gasteiger charge is 2.35. The number of fused-ring (bicyclic) bond motifs is 13. The van der Waals surface area contributed by atoms with Gasteiger partial charge in [-0.3, -0.25) is 5.32 Å². The van der Waals surface area contributed by atoms with Crippen LogP contribution in [0.4, 0.5) is 0 Å². The smallest absolute Gasteiger partial charge is 0.142 e. The molecule has 0 saturated carbocycles. The average Bonchev–Trinajstić information content (AvgIpc) is 4.15. The fourth-order valence-corrected chi connectivity index (χ4v) is 12.1. The highest BCUT2D eigenvalue weighted by molar-refractivity contribution is 6.23. The Balaban J connectivity index is 1.05. The lowest BCUT2D eigenvalue weighted by atomic mass is 9.83. The number of hydrogen-bond donors (Lipinski definition) is 1. The predicted molar refractivity (Wildman–Crippen MR) is 282 cm³/mol. The highest BCUT2D eigenvalue weighted by Crippen LogP contribution is 2.48. The molecule has 0 amide bonds. The minimum atomic E-state index is -0.172. The molecule has 5 heteroatoms. The van der Waals surface area contributed by atoms with Gasteiger partial charge in [0.2, 0.25) is 0 Å². The SMILES string of the molecule is CCC1/C(c2cccc3c2oc2ccccc23)=C\CCC(c2ccc3c4c(oc3c2)C=CCC4)NC1n1c2ccccc2c2ccc3c4ccccc4n(-c4cccc(-c5ccccc5)c4)c3c21. The lowest BCUT2D eigenvalue weighted by Gasteiger charge is -2.37. The lowest BCUT2D eigenvalue weighted by molar-refractivity contribution is 0.283. The van der Waals surface area contributed by atoms with E-state index in [2.05, 4.69) is 216 Å². The molecule has 3 atom stereocenters. The number of aromatic nitrogens is 2. The Morgan fingerprint density at radius 2 is 1.29 bits per heavy atom. The summed E-state index contributed by atoms with van der Waals surface area (Å²) in [6.45, 7) is 2.37. The maximum atomic E-state index is 6.85. The summed E-state index contributed by atoms with van der Waals surface area (Å²) in [6, 6.07) is 64.8. The van der Waals surface area contributed by atoms with Crippen LogP contribution in [0.3, 0.4) is 0 Å². The zero-order chi connectivity index (χ0) is 44.9. The summed E-state index contributed by atoms with van der Waals surface area (Å²) in [6.07, 6.45) is 11.5. The van der Waals surface area contributed by atoms with Crippen molar-refractivity contribution in [2.45, 2.75) is 51.2 Å². The summed E-state index contributed by atoms with van der Waals surface area (Å²) in [7, 11) is 0. The second-order valence-electron chi connectivity index (χ2n) is 18.9. The molecule has 2 aliphatic rings. The van der Waals surface area contributed by atoms with E-state index in [1.54, 1.807) is 0 Å². The molecule has 4 aromatic heterocycles. The van der Waals surface area contributed by atoms with Gasteiger partial charge in [-0.25, -0.2) is 0 Å². The molecule has 0 spiro atoms. The van der Waals surface area contributed by atoms with Crippen LogP contribution >= 0.6 is 0 Å². The number of rotatable bonds is 6. The molecule has 68 heavy (non-hydrogen) atoms. The normalized spacial score (nSPS) is 18.5. The first-order chi connectivity index (χ1) is 33.7. The molecule has 8 aromatic carbocycles. The largest absolute Gasteiger partial charge is 0.456 e. The minimum Gasteiger partial charge on any atom is -0.456 e. The third-order valence-corrected chi connectivity index (χ3v) is 15.2. The molecule has 1 aliphatic carbocycles. The molecule has 3 unspecified atom stereocenters. The van der Waals surface area contributed by atoms with Gasteiger partial charge >= 0.3 is 0 Å². The molecule has 0 radical (unpaired) electrons. The number of para-hydroxylation sites is 4. The van der Waals surface area contributed by atoms with Gasteiger partial charge in [0.15, 0.2) is 0 Å². The van der Waals surface area contributed by atoms with Crippen molar-refractivity contribution < 1.29 is 8.83 Å². The fourth-order valence-electron chi connectivity index (χ4n) is 12.1. The summed E-state index contributed by atoms with van der Waals surface area (Å²) in [4.78, 5) is 0. The Morgan fingerprint density at radius 3 is 2.16 bits per heavy atom. The van der Waals surface area contributed by atoms with Crippen molar-refractivity contribution in [1.29, 1.82) is 0 Å². The van der Waals surface area contributed by atoms with Gasteiger partial charge in [0.05, 0.1) is 28.2 Å². The summed E-state index contributed by atoms with van der Waals surface area (Å²) < 4.78 is 18.7. The second-order valence-corrected chi connectivity index (χ2v) is 18.9. The van der Waals surface area contributed by atoms with Crippen molar-refractivity contribution in [3.8, 4) is 16.8 Å². The van der Waals surface area contributed by atoms with E-state index in [1.807, 2.05) is 0 Å². The fraction of sp³-hybridized carbons (Fsp3) is 0.143.